The van der Waals surface area contributed by atoms with Gasteiger partial charge in [-0.25, -0.2) is 0 Å². The highest BCUT2D eigenvalue weighted by molar-refractivity contribution is 6.22. The zero-order valence-electron chi connectivity index (χ0n) is 11.7. The summed E-state index contributed by atoms with van der Waals surface area (Å²) in [6.45, 7) is 3.72. The van der Waals surface area contributed by atoms with E-state index in [1.165, 1.54) is 4.90 Å². The van der Waals surface area contributed by atoms with Crippen molar-refractivity contribution in [2.75, 3.05) is 0 Å². The number of fused-ring (bicyclic) bond motifs is 1. The van der Waals surface area contributed by atoms with Crippen molar-refractivity contribution in [1.29, 1.82) is 0 Å². The summed E-state index contributed by atoms with van der Waals surface area (Å²) in [5.41, 5.74) is 2.79. The molecule has 0 radical (unpaired) electrons. The van der Waals surface area contributed by atoms with Crippen LogP contribution >= 0.6 is 0 Å². The SMILES string of the molecule is Cc1ccc(C)c2c1C(=O)N(C1CCC(=O)CC1)C2=O. The highest BCUT2D eigenvalue weighted by Gasteiger charge is 2.42. The third-order valence-corrected chi connectivity index (χ3v) is 4.37. The van der Waals surface area contributed by atoms with Crippen molar-refractivity contribution in [2.24, 2.45) is 0 Å². The van der Waals surface area contributed by atoms with Gasteiger partial charge >= 0.3 is 0 Å². The van der Waals surface area contributed by atoms with Crippen molar-refractivity contribution in [1.82, 2.24) is 4.90 Å². The molecule has 104 valence electrons. The minimum atomic E-state index is -0.189. The Bertz CT molecular complexity index is 582. The van der Waals surface area contributed by atoms with Crippen LogP contribution in [-0.4, -0.2) is 28.5 Å². The van der Waals surface area contributed by atoms with Crippen LogP contribution in [0.25, 0.3) is 0 Å². The number of hydrogen-bond acceptors (Lipinski definition) is 3. The zero-order chi connectivity index (χ0) is 14.4. The smallest absolute Gasteiger partial charge is 0.262 e. The predicted molar refractivity (Wildman–Crippen MR) is 73.7 cm³/mol. The quantitative estimate of drug-likeness (QED) is 0.737. The van der Waals surface area contributed by atoms with E-state index < -0.39 is 0 Å². The molecule has 4 nitrogen and oxygen atoms in total. The van der Waals surface area contributed by atoms with Crippen molar-refractivity contribution in [3.63, 3.8) is 0 Å². The maximum Gasteiger partial charge on any atom is 0.262 e. The lowest BCUT2D eigenvalue weighted by molar-refractivity contribution is -0.121. The summed E-state index contributed by atoms with van der Waals surface area (Å²) in [5.74, 6) is -0.152. The molecule has 1 heterocycles. The average Bonchev–Trinajstić information content (AvgIpc) is 2.69. The molecule has 3 rings (SSSR count). The number of carbonyl (C=O) groups is 3. The van der Waals surface area contributed by atoms with Crippen molar-refractivity contribution in [3.05, 3.63) is 34.4 Å². The molecule has 0 atom stereocenters. The second kappa shape index (κ2) is 4.54. The Labute approximate surface area is 117 Å². The monoisotopic (exact) mass is 271 g/mol. The second-order valence-corrected chi connectivity index (χ2v) is 5.70. The Balaban J connectivity index is 1.99. The summed E-state index contributed by atoms with van der Waals surface area (Å²) >= 11 is 0. The number of aryl methyl sites for hydroxylation is 2. The van der Waals surface area contributed by atoms with Gasteiger partial charge in [0.05, 0.1) is 11.1 Å². The van der Waals surface area contributed by atoms with E-state index in [-0.39, 0.29) is 23.6 Å². The summed E-state index contributed by atoms with van der Waals surface area (Å²) in [4.78, 5) is 37.9. The van der Waals surface area contributed by atoms with Gasteiger partial charge in [0.2, 0.25) is 0 Å². The minimum absolute atomic E-state index is 0.126. The molecule has 0 N–H and O–H groups in total. The molecule has 0 unspecified atom stereocenters. The maximum absolute atomic E-state index is 12.6. The van der Waals surface area contributed by atoms with Crippen LogP contribution in [0, 0.1) is 13.8 Å². The van der Waals surface area contributed by atoms with Gasteiger partial charge in [-0.15, -0.1) is 0 Å². The first kappa shape index (κ1) is 13.0. The summed E-state index contributed by atoms with van der Waals surface area (Å²) in [6, 6.07) is 3.64. The lowest BCUT2D eigenvalue weighted by atomic mass is 9.93. The van der Waals surface area contributed by atoms with Gasteiger partial charge in [-0.05, 0) is 37.8 Å². The molecule has 1 aromatic carbocycles. The molecule has 4 heteroatoms. The van der Waals surface area contributed by atoms with Gasteiger partial charge in [0.15, 0.2) is 0 Å². The normalized spacial score (nSPS) is 19.7. The van der Waals surface area contributed by atoms with Crippen molar-refractivity contribution >= 4 is 17.6 Å². The number of ketones is 1. The van der Waals surface area contributed by atoms with Crippen LogP contribution in [0.5, 0.6) is 0 Å². The molecule has 0 saturated heterocycles. The van der Waals surface area contributed by atoms with Crippen LogP contribution in [0.2, 0.25) is 0 Å². The van der Waals surface area contributed by atoms with Gasteiger partial charge < -0.3 is 0 Å². The number of Topliss-reactive ketones (excluding diaryl/α,β-unsaturated/α-hetero) is 1. The van der Waals surface area contributed by atoms with Gasteiger partial charge in [0.1, 0.15) is 5.78 Å². The Kier molecular flexibility index (Phi) is 2.96. The number of nitrogens with zero attached hydrogens (tertiary/aromatic N) is 1. The van der Waals surface area contributed by atoms with Crippen molar-refractivity contribution < 1.29 is 14.4 Å². The number of carbonyl (C=O) groups excluding carboxylic acids is 3. The number of benzene rings is 1. The zero-order valence-corrected chi connectivity index (χ0v) is 11.7. The van der Waals surface area contributed by atoms with Gasteiger partial charge in [-0.3, -0.25) is 19.3 Å². The van der Waals surface area contributed by atoms with E-state index in [1.807, 2.05) is 26.0 Å². The molecule has 2 amide bonds. The Morgan fingerprint density at radius 3 is 1.80 bits per heavy atom. The molecule has 0 aromatic heterocycles. The highest BCUT2D eigenvalue weighted by Crippen LogP contribution is 2.33. The first-order valence-electron chi connectivity index (χ1n) is 7.00. The largest absolute Gasteiger partial charge is 0.300 e. The summed E-state index contributed by atoms with van der Waals surface area (Å²) in [6.07, 6.45) is 2.14. The molecule has 1 aliphatic carbocycles. The summed E-state index contributed by atoms with van der Waals surface area (Å²) in [5, 5.41) is 0. The highest BCUT2D eigenvalue weighted by atomic mass is 16.2. The number of imide groups is 1. The molecule has 2 aliphatic rings. The Hall–Kier alpha value is -1.97. The van der Waals surface area contributed by atoms with E-state index in [4.69, 9.17) is 0 Å². The third-order valence-electron chi connectivity index (χ3n) is 4.37. The standard InChI is InChI=1S/C16H17NO3/c1-9-3-4-10(2)14-13(9)15(19)17(16(14)20)11-5-7-12(18)8-6-11/h3-4,11H,5-8H2,1-2H3. The minimum Gasteiger partial charge on any atom is -0.300 e. The van der Waals surface area contributed by atoms with E-state index in [0.29, 0.717) is 36.8 Å². The van der Waals surface area contributed by atoms with Crippen LogP contribution in [0.3, 0.4) is 0 Å². The van der Waals surface area contributed by atoms with Crippen LogP contribution in [0.4, 0.5) is 0 Å². The first-order valence-corrected chi connectivity index (χ1v) is 7.00. The van der Waals surface area contributed by atoms with E-state index >= 15 is 0 Å². The van der Waals surface area contributed by atoms with Crippen molar-refractivity contribution in [2.45, 2.75) is 45.6 Å². The summed E-state index contributed by atoms with van der Waals surface area (Å²) < 4.78 is 0. The average molecular weight is 271 g/mol. The van der Waals surface area contributed by atoms with Gasteiger partial charge in [0.25, 0.3) is 11.8 Å². The van der Waals surface area contributed by atoms with E-state index in [0.717, 1.165) is 11.1 Å². The van der Waals surface area contributed by atoms with Gasteiger partial charge in [0, 0.05) is 18.9 Å². The molecule has 1 saturated carbocycles. The van der Waals surface area contributed by atoms with Gasteiger partial charge in [-0.2, -0.15) is 0 Å². The van der Waals surface area contributed by atoms with Crippen LogP contribution in [-0.2, 0) is 4.79 Å². The number of hydrogen-bond donors (Lipinski definition) is 0. The third kappa shape index (κ3) is 1.79. The van der Waals surface area contributed by atoms with Crippen LogP contribution in [0.1, 0.15) is 57.5 Å². The number of rotatable bonds is 1. The molecule has 1 aromatic rings. The molecular weight excluding hydrogens is 254 g/mol. The Morgan fingerprint density at radius 1 is 0.900 bits per heavy atom. The topological polar surface area (TPSA) is 54.5 Å². The first-order chi connectivity index (χ1) is 9.50. The number of amides is 2. The second-order valence-electron chi connectivity index (χ2n) is 5.70. The fourth-order valence-corrected chi connectivity index (χ4v) is 3.21. The lowest BCUT2D eigenvalue weighted by Gasteiger charge is -2.28. The molecule has 20 heavy (non-hydrogen) atoms. The van der Waals surface area contributed by atoms with Crippen LogP contribution < -0.4 is 0 Å². The fraction of sp³-hybridized carbons (Fsp3) is 0.438. The fourth-order valence-electron chi connectivity index (χ4n) is 3.21. The molecular formula is C16H17NO3. The van der Waals surface area contributed by atoms with Gasteiger partial charge in [-0.1, -0.05) is 12.1 Å². The maximum atomic E-state index is 12.6. The predicted octanol–water partition coefficient (Wildman–Crippen LogP) is 2.41. The van der Waals surface area contributed by atoms with Crippen LogP contribution in [0.15, 0.2) is 12.1 Å². The Morgan fingerprint density at radius 2 is 1.35 bits per heavy atom. The van der Waals surface area contributed by atoms with E-state index in [9.17, 15) is 14.4 Å². The van der Waals surface area contributed by atoms with Crippen molar-refractivity contribution in [3.8, 4) is 0 Å². The van der Waals surface area contributed by atoms with E-state index in [2.05, 4.69) is 0 Å². The summed E-state index contributed by atoms with van der Waals surface area (Å²) in [7, 11) is 0. The van der Waals surface area contributed by atoms with E-state index in [1.54, 1.807) is 0 Å². The molecule has 0 spiro atoms. The molecule has 0 bridgehead atoms. The lowest BCUT2D eigenvalue weighted by Crippen LogP contribution is -2.42. The molecule has 1 fully saturated rings. The molecule has 1 aliphatic heterocycles.